The Kier molecular flexibility index (Phi) is 6.05. The lowest BCUT2D eigenvalue weighted by Crippen LogP contribution is -2.20. The van der Waals surface area contributed by atoms with Crippen molar-refractivity contribution in [3.8, 4) is 11.3 Å². The van der Waals surface area contributed by atoms with E-state index < -0.39 is 0 Å². The maximum absolute atomic E-state index is 5.03. The van der Waals surface area contributed by atoms with Gasteiger partial charge in [0.1, 0.15) is 0 Å². The highest BCUT2D eigenvalue weighted by molar-refractivity contribution is 7.19. The van der Waals surface area contributed by atoms with Crippen molar-refractivity contribution in [1.29, 1.82) is 0 Å². The van der Waals surface area contributed by atoms with Gasteiger partial charge in [0.2, 0.25) is 0 Å². The second-order valence-electron chi connectivity index (χ2n) is 8.99. The Balaban J connectivity index is 1.30. The van der Waals surface area contributed by atoms with Crippen LogP contribution in [0.4, 0.5) is 5.69 Å². The predicted octanol–water partition coefficient (Wildman–Crippen LogP) is 6.29. The van der Waals surface area contributed by atoms with Gasteiger partial charge in [-0.15, -0.1) is 11.3 Å². The van der Waals surface area contributed by atoms with Crippen molar-refractivity contribution in [2.45, 2.75) is 51.9 Å². The Morgan fingerprint density at radius 1 is 0.900 bits per heavy atom. The van der Waals surface area contributed by atoms with E-state index in [1.807, 2.05) is 11.3 Å². The maximum atomic E-state index is 5.03. The van der Waals surface area contributed by atoms with E-state index in [4.69, 9.17) is 4.98 Å². The molecule has 158 valence electrons. The van der Waals surface area contributed by atoms with Gasteiger partial charge in [-0.25, -0.2) is 4.98 Å². The molecule has 2 aromatic heterocycles. The molecule has 2 aliphatic rings. The number of nitrogens with zero attached hydrogens (tertiary/aromatic N) is 3. The minimum atomic E-state index is 1.11. The molecule has 3 nitrogen and oxygen atoms in total. The van der Waals surface area contributed by atoms with Crippen molar-refractivity contribution >= 4 is 27.2 Å². The molecular weight excluding hydrogens is 386 g/mol. The molecule has 0 bridgehead atoms. The molecule has 0 aliphatic carbocycles. The first-order valence-corrected chi connectivity index (χ1v) is 12.6. The molecule has 2 fully saturated rings. The van der Waals surface area contributed by atoms with Gasteiger partial charge in [0.25, 0.3) is 0 Å². The fraction of sp³-hybridized carbons (Fsp3) is 0.500. The highest BCUT2D eigenvalue weighted by Gasteiger charge is 2.18. The van der Waals surface area contributed by atoms with Crippen molar-refractivity contribution in [1.82, 2.24) is 9.88 Å². The van der Waals surface area contributed by atoms with Crippen molar-refractivity contribution < 1.29 is 0 Å². The number of likely N-dealkylation sites (tertiary alicyclic amines) is 1. The number of thiophene rings is 1. The van der Waals surface area contributed by atoms with Crippen LogP contribution in [-0.2, 0) is 6.42 Å². The van der Waals surface area contributed by atoms with E-state index in [-0.39, 0.29) is 0 Å². The number of benzene rings is 1. The Bertz CT molecular complexity index is 979. The zero-order valence-corrected chi connectivity index (χ0v) is 19.0. The quantitative estimate of drug-likeness (QED) is 0.420. The van der Waals surface area contributed by atoms with E-state index in [2.05, 4.69) is 53.1 Å². The molecule has 4 heterocycles. The highest BCUT2D eigenvalue weighted by atomic mass is 32.1. The third-order valence-corrected chi connectivity index (χ3v) is 7.73. The second kappa shape index (κ2) is 9.07. The number of aromatic nitrogens is 1. The van der Waals surface area contributed by atoms with Gasteiger partial charge in [-0.3, -0.25) is 0 Å². The van der Waals surface area contributed by atoms with Crippen LogP contribution in [0.3, 0.4) is 0 Å². The molecule has 0 spiro atoms. The van der Waals surface area contributed by atoms with Crippen molar-refractivity contribution in [3.05, 3.63) is 46.8 Å². The van der Waals surface area contributed by atoms with Crippen LogP contribution >= 0.6 is 11.3 Å². The number of pyridine rings is 1. The number of hydrogen-bond donors (Lipinski definition) is 0. The molecule has 2 aliphatic heterocycles. The molecule has 0 amide bonds. The minimum absolute atomic E-state index is 1.11. The standard InChI is InChI=1S/C26H33N3S/c1-20-18-24-26(30-20)25(29-16-6-7-17-29)19-23(27-24)22-11-9-21(10-12-22)8-2-3-13-28-14-4-5-15-28/h9-12,18-19H,2-8,13-17H2,1H3. The minimum Gasteiger partial charge on any atom is -0.370 e. The van der Waals surface area contributed by atoms with Gasteiger partial charge in [0.15, 0.2) is 0 Å². The van der Waals surface area contributed by atoms with Crippen LogP contribution in [-0.4, -0.2) is 42.6 Å². The second-order valence-corrected chi connectivity index (χ2v) is 10.3. The summed E-state index contributed by atoms with van der Waals surface area (Å²) in [6.07, 6.45) is 9.18. The topological polar surface area (TPSA) is 19.4 Å². The number of aryl methyl sites for hydroxylation is 2. The van der Waals surface area contributed by atoms with Crippen molar-refractivity contribution in [2.75, 3.05) is 37.6 Å². The summed E-state index contributed by atoms with van der Waals surface area (Å²) in [4.78, 5) is 11.5. The van der Waals surface area contributed by atoms with E-state index in [0.717, 1.165) is 11.2 Å². The van der Waals surface area contributed by atoms with Gasteiger partial charge < -0.3 is 9.80 Å². The Morgan fingerprint density at radius 3 is 2.40 bits per heavy atom. The van der Waals surface area contributed by atoms with E-state index >= 15 is 0 Å². The first-order valence-electron chi connectivity index (χ1n) is 11.7. The lowest BCUT2D eigenvalue weighted by atomic mass is 10.0. The van der Waals surface area contributed by atoms with E-state index in [9.17, 15) is 0 Å². The lowest BCUT2D eigenvalue weighted by molar-refractivity contribution is 0.330. The maximum Gasteiger partial charge on any atom is 0.0841 e. The largest absolute Gasteiger partial charge is 0.370 e. The SMILES string of the molecule is Cc1cc2nc(-c3ccc(CCCCN4CCCC4)cc3)cc(N3CCCC3)c2s1. The van der Waals surface area contributed by atoms with Gasteiger partial charge in [-0.2, -0.15) is 0 Å². The molecular formula is C26H33N3S. The lowest BCUT2D eigenvalue weighted by Gasteiger charge is -2.19. The number of fused-ring (bicyclic) bond motifs is 1. The normalized spacial score (nSPS) is 17.4. The summed E-state index contributed by atoms with van der Waals surface area (Å²) >= 11 is 1.88. The third-order valence-electron chi connectivity index (χ3n) is 6.67. The fourth-order valence-corrected chi connectivity index (χ4v) is 5.97. The molecule has 5 rings (SSSR count). The Hall–Kier alpha value is -1.91. The Labute approximate surface area is 184 Å². The zero-order valence-electron chi connectivity index (χ0n) is 18.2. The summed E-state index contributed by atoms with van der Waals surface area (Å²) in [6, 6.07) is 13.7. The van der Waals surface area contributed by atoms with Crippen LogP contribution in [0.2, 0.25) is 0 Å². The van der Waals surface area contributed by atoms with E-state index in [1.165, 1.54) is 104 Å². The Morgan fingerprint density at radius 2 is 1.63 bits per heavy atom. The molecule has 30 heavy (non-hydrogen) atoms. The molecule has 0 unspecified atom stereocenters. The average Bonchev–Trinajstić information content (AvgIpc) is 3.52. The zero-order chi connectivity index (χ0) is 20.3. The third kappa shape index (κ3) is 4.40. The summed E-state index contributed by atoms with van der Waals surface area (Å²) in [5, 5.41) is 0. The van der Waals surface area contributed by atoms with Crippen LogP contribution in [0.15, 0.2) is 36.4 Å². The predicted molar refractivity (Wildman–Crippen MR) is 130 cm³/mol. The summed E-state index contributed by atoms with van der Waals surface area (Å²) in [7, 11) is 0. The summed E-state index contributed by atoms with van der Waals surface area (Å²) in [6.45, 7) is 8.45. The van der Waals surface area contributed by atoms with Crippen LogP contribution in [0.25, 0.3) is 21.5 Å². The summed E-state index contributed by atoms with van der Waals surface area (Å²) < 4.78 is 1.35. The van der Waals surface area contributed by atoms with Crippen molar-refractivity contribution in [3.63, 3.8) is 0 Å². The number of anilines is 1. The smallest absolute Gasteiger partial charge is 0.0841 e. The molecule has 4 heteroatoms. The summed E-state index contributed by atoms with van der Waals surface area (Å²) in [5.41, 5.74) is 6.34. The number of rotatable bonds is 7. The van der Waals surface area contributed by atoms with Gasteiger partial charge in [-0.05, 0) is 89.2 Å². The molecule has 0 saturated carbocycles. The first kappa shape index (κ1) is 20.0. The molecule has 3 aromatic rings. The van der Waals surface area contributed by atoms with Crippen LogP contribution in [0, 0.1) is 6.92 Å². The van der Waals surface area contributed by atoms with Crippen LogP contribution in [0.1, 0.15) is 49.0 Å². The first-order chi connectivity index (χ1) is 14.8. The monoisotopic (exact) mass is 419 g/mol. The van der Waals surface area contributed by atoms with Crippen LogP contribution in [0.5, 0.6) is 0 Å². The van der Waals surface area contributed by atoms with Gasteiger partial charge >= 0.3 is 0 Å². The molecule has 0 atom stereocenters. The van der Waals surface area contributed by atoms with Gasteiger partial charge in [-0.1, -0.05) is 24.3 Å². The summed E-state index contributed by atoms with van der Waals surface area (Å²) in [5.74, 6) is 0. The molecule has 0 N–H and O–H groups in total. The highest BCUT2D eigenvalue weighted by Crippen LogP contribution is 2.37. The van der Waals surface area contributed by atoms with Crippen LogP contribution < -0.4 is 4.90 Å². The number of hydrogen-bond acceptors (Lipinski definition) is 4. The number of unbranched alkanes of at least 4 members (excludes halogenated alkanes) is 1. The van der Waals surface area contributed by atoms with Crippen molar-refractivity contribution in [2.24, 2.45) is 0 Å². The molecule has 0 radical (unpaired) electrons. The van der Waals surface area contributed by atoms with Gasteiger partial charge in [0.05, 0.1) is 21.6 Å². The van der Waals surface area contributed by atoms with Gasteiger partial charge in [0, 0.05) is 23.5 Å². The molecule has 1 aromatic carbocycles. The molecule has 2 saturated heterocycles. The van der Waals surface area contributed by atoms with E-state index in [1.54, 1.807) is 0 Å². The fourth-order valence-electron chi connectivity index (χ4n) is 4.98. The van der Waals surface area contributed by atoms with E-state index in [0.29, 0.717) is 0 Å². The average molecular weight is 420 g/mol.